The molecule has 0 fully saturated rings. The second kappa shape index (κ2) is 10.6. The van der Waals surface area contributed by atoms with Crippen LogP contribution in [0.15, 0.2) is 61.2 Å². The zero-order valence-corrected chi connectivity index (χ0v) is 17.4. The van der Waals surface area contributed by atoms with Crippen molar-refractivity contribution in [2.24, 2.45) is 0 Å². The first-order valence-electron chi connectivity index (χ1n) is 9.99. The molecule has 7 nitrogen and oxygen atoms in total. The first-order chi connectivity index (χ1) is 14.6. The fourth-order valence-electron chi connectivity index (χ4n) is 2.96. The molecule has 3 rings (SSSR count). The Hall–Kier alpha value is -3.16. The number of nitrogens with zero attached hydrogens (tertiary/aromatic N) is 3. The summed E-state index contributed by atoms with van der Waals surface area (Å²) in [6.45, 7) is 9.12. The Balaban J connectivity index is 1.77. The number of hydrogen-bond acceptors (Lipinski definition) is 6. The van der Waals surface area contributed by atoms with Crippen molar-refractivity contribution >= 4 is 5.69 Å². The predicted octanol–water partition coefficient (Wildman–Crippen LogP) is 3.62. The van der Waals surface area contributed by atoms with Gasteiger partial charge in [0.15, 0.2) is 5.82 Å². The van der Waals surface area contributed by atoms with Crippen LogP contribution in [0.2, 0.25) is 0 Å². The first kappa shape index (κ1) is 21.5. The van der Waals surface area contributed by atoms with E-state index in [9.17, 15) is 5.11 Å². The minimum absolute atomic E-state index is 0.260. The molecule has 0 amide bonds. The first-order valence-corrected chi connectivity index (χ1v) is 9.99. The molecule has 1 atom stereocenters. The van der Waals surface area contributed by atoms with Crippen molar-refractivity contribution in [3.8, 4) is 23.1 Å². The van der Waals surface area contributed by atoms with Gasteiger partial charge in [-0.1, -0.05) is 30.3 Å². The van der Waals surface area contributed by atoms with E-state index in [4.69, 9.17) is 9.47 Å². The third-order valence-electron chi connectivity index (χ3n) is 4.45. The molecule has 2 N–H and O–H groups in total. The quantitative estimate of drug-likeness (QED) is 0.373. The van der Waals surface area contributed by atoms with E-state index in [1.54, 1.807) is 10.8 Å². The Morgan fingerprint density at radius 2 is 1.97 bits per heavy atom. The highest BCUT2D eigenvalue weighted by molar-refractivity contribution is 5.63. The molecule has 0 spiro atoms. The predicted molar refractivity (Wildman–Crippen MR) is 118 cm³/mol. The molecule has 0 saturated heterocycles. The van der Waals surface area contributed by atoms with Crippen LogP contribution in [0.1, 0.15) is 12.5 Å². The van der Waals surface area contributed by atoms with Crippen LogP contribution in [0.3, 0.4) is 0 Å². The van der Waals surface area contributed by atoms with Crippen LogP contribution in [-0.2, 0) is 4.74 Å². The molecule has 1 heterocycles. The van der Waals surface area contributed by atoms with Crippen molar-refractivity contribution in [2.45, 2.75) is 20.0 Å². The fraction of sp³-hybridized carbons (Fsp3) is 0.304. The summed E-state index contributed by atoms with van der Waals surface area (Å²) in [5.41, 5.74) is 3.87. The molecule has 1 aromatic heterocycles. The number of aliphatic hydroxyl groups excluding tert-OH is 1. The van der Waals surface area contributed by atoms with E-state index in [1.165, 1.54) is 0 Å². The van der Waals surface area contributed by atoms with Crippen LogP contribution in [0.4, 0.5) is 5.69 Å². The Morgan fingerprint density at radius 1 is 1.20 bits per heavy atom. The summed E-state index contributed by atoms with van der Waals surface area (Å²) in [5, 5.41) is 17.7. The van der Waals surface area contributed by atoms with Gasteiger partial charge in [0.05, 0.1) is 31.6 Å². The number of nitrogens with one attached hydrogen (secondary N) is 1. The number of hydrogen-bond donors (Lipinski definition) is 2. The molecule has 0 aliphatic heterocycles. The Morgan fingerprint density at radius 3 is 2.67 bits per heavy atom. The van der Waals surface area contributed by atoms with Gasteiger partial charge in [-0.2, -0.15) is 4.98 Å². The van der Waals surface area contributed by atoms with Crippen molar-refractivity contribution in [1.82, 2.24) is 14.8 Å². The van der Waals surface area contributed by atoms with Crippen LogP contribution in [0.25, 0.3) is 17.1 Å². The second-order valence-electron chi connectivity index (χ2n) is 6.79. The molecule has 2 aromatic carbocycles. The standard InChI is InChI=1S/C23H28N4O3/c1-4-14-29-16-20(28)15-24-18-10-12-19(13-11-18)27-22(25-23(26-27)30-5-2)21-9-7-6-8-17(21)3/h4,6-13,20,24,28H,1,5,14-16H2,2-3H3. The van der Waals surface area contributed by atoms with E-state index in [2.05, 4.69) is 22.0 Å². The number of aromatic nitrogens is 3. The van der Waals surface area contributed by atoms with Gasteiger partial charge >= 0.3 is 6.01 Å². The van der Waals surface area contributed by atoms with E-state index in [-0.39, 0.29) is 6.61 Å². The van der Waals surface area contributed by atoms with Crippen molar-refractivity contribution in [3.63, 3.8) is 0 Å². The summed E-state index contributed by atoms with van der Waals surface area (Å²) in [6, 6.07) is 16.2. The number of ether oxygens (including phenoxy) is 2. The molecule has 0 bridgehead atoms. The normalized spacial score (nSPS) is 11.8. The summed E-state index contributed by atoms with van der Waals surface area (Å²) in [6.07, 6.45) is 1.06. The summed E-state index contributed by atoms with van der Waals surface area (Å²) in [7, 11) is 0. The molecular formula is C23H28N4O3. The van der Waals surface area contributed by atoms with Gasteiger partial charge in [0.2, 0.25) is 0 Å². The third kappa shape index (κ3) is 5.46. The number of aryl methyl sites for hydroxylation is 1. The van der Waals surface area contributed by atoms with Gasteiger partial charge in [-0.15, -0.1) is 11.7 Å². The molecule has 3 aromatic rings. The van der Waals surface area contributed by atoms with E-state index < -0.39 is 6.10 Å². The van der Waals surface area contributed by atoms with Crippen molar-refractivity contribution < 1.29 is 14.6 Å². The van der Waals surface area contributed by atoms with Crippen LogP contribution in [0, 0.1) is 6.92 Å². The van der Waals surface area contributed by atoms with E-state index in [1.807, 2.05) is 62.4 Å². The van der Waals surface area contributed by atoms with Gasteiger partial charge in [0.25, 0.3) is 0 Å². The number of anilines is 1. The minimum Gasteiger partial charge on any atom is -0.463 e. The molecule has 1 unspecified atom stereocenters. The lowest BCUT2D eigenvalue weighted by molar-refractivity contribution is 0.0566. The maximum atomic E-state index is 9.95. The zero-order valence-electron chi connectivity index (χ0n) is 17.4. The van der Waals surface area contributed by atoms with Gasteiger partial charge in [0, 0.05) is 17.8 Å². The topological polar surface area (TPSA) is 81.4 Å². The molecule has 30 heavy (non-hydrogen) atoms. The van der Waals surface area contributed by atoms with E-state index in [0.29, 0.717) is 25.8 Å². The van der Waals surface area contributed by atoms with Gasteiger partial charge in [-0.05, 0) is 43.7 Å². The molecule has 0 aliphatic carbocycles. The monoisotopic (exact) mass is 408 g/mol. The third-order valence-corrected chi connectivity index (χ3v) is 4.45. The van der Waals surface area contributed by atoms with Crippen LogP contribution in [0.5, 0.6) is 6.01 Å². The Bertz CT molecular complexity index is 953. The summed E-state index contributed by atoms with van der Waals surface area (Å²) < 4.78 is 12.6. The molecule has 0 saturated carbocycles. The summed E-state index contributed by atoms with van der Waals surface area (Å²) in [4.78, 5) is 4.58. The maximum Gasteiger partial charge on any atom is 0.336 e. The number of aliphatic hydroxyl groups is 1. The molecule has 0 aliphatic rings. The minimum atomic E-state index is -0.596. The van der Waals surface area contributed by atoms with Crippen molar-refractivity contribution in [2.75, 3.05) is 31.7 Å². The van der Waals surface area contributed by atoms with E-state index in [0.717, 1.165) is 28.3 Å². The largest absolute Gasteiger partial charge is 0.463 e. The lowest BCUT2D eigenvalue weighted by Gasteiger charge is -2.13. The molecule has 7 heteroatoms. The number of benzene rings is 2. The average Bonchev–Trinajstić information content (AvgIpc) is 3.17. The summed E-state index contributed by atoms with van der Waals surface area (Å²) >= 11 is 0. The Labute approximate surface area is 177 Å². The smallest absolute Gasteiger partial charge is 0.336 e. The highest BCUT2D eigenvalue weighted by Gasteiger charge is 2.16. The van der Waals surface area contributed by atoms with Crippen LogP contribution in [-0.4, -0.2) is 52.3 Å². The van der Waals surface area contributed by atoms with E-state index >= 15 is 0 Å². The number of rotatable bonds is 11. The van der Waals surface area contributed by atoms with Gasteiger partial charge in [0.1, 0.15) is 0 Å². The van der Waals surface area contributed by atoms with Gasteiger partial charge in [-0.25, -0.2) is 4.68 Å². The lowest BCUT2D eigenvalue weighted by atomic mass is 10.1. The highest BCUT2D eigenvalue weighted by Crippen LogP contribution is 2.26. The zero-order chi connectivity index (χ0) is 21.3. The van der Waals surface area contributed by atoms with Crippen LogP contribution < -0.4 is 10.1 Å². The second-order valence-corrected chi connectivity index (χ2v) is 6.79. The molecule has 158 valence electrons. The maximum absolute atomic E-state index is 9.95. The highest BCUT2D eigenvalue weighted by atomic mass is 16.5. The van der Waals surface area contributed by atoms with Crippen LogP contribution >= 0.6 is 0 Å². The lowest BCUT2D eigenvalue weighted by Crippen LogP contribution is -2.24. The molecule has 0 radical (unpaired) electrons. The van der Waals surface area contributed by atoms with Crippen molar-refractivity contribution in [3.05, 3.63) is 66.7 Å². The SMILES string of the molecule is C=CCOCC(O)CNc1ccc(-n2nc(OCC)nc2-c2ccccc2C)cc1. The van der Waals surface area contributed by atoms with Crippen molar-refractivity contribution in [1.29, 1.82) is 0 Å². The average molecular weight is 409 g/mol. The van der Waals surface area contributed by atoms with Gasteiger partial charge in [-0.3, -0.25) is 0 Å². The summed E-state index contributed by atoms with van der Waals surface area (Å²) in [5.74, 6) is 0.729. The Kier molecular flexibility index (Phi) is 7.59. The molecular weight excluding hydrogens is 380 g/mol. The fourth-order valence-corrected chi connectivity index (χ4v) is 2.96. The van der Waals surface area contributed by atoms with Gasteiger partial charge < -0.3 is 19.9 Å².